The quantitative estimate of drug-likeness (QED) is 0.547. The second kappa shape index (κ2) is 4.83. The van der Waals surface area contributed by atoms with Gasteiger partial charge < -0.3 is 4.90 Å². The van der Waals surface area contributed by atoms with E-state index in [1.54, 1.807) is 0 Å². The van der Waals surface area contributed by atoms with Crippen molar-refractivity contribution >= 4 is 17.8 Å². The number of likely N-dealkylation sites (tertiary alicyclic amines) is 1. The number of rotatable bonds is 3. The molecule has 94 valence electrons. The molecule has 17 heavy (non-hydrogen) atoms. The van der Waals surface area contributed by atoms with E-state index in [-0.39, 0.29) is 0 Å². The standard InChI is InChI=1S/C11H17N3O3/c1-2-13-5-3-8(4-6-13)7-14-10(16)9(15)12-11(14)17/h8H,2-7H2,1H3,(H,12,15,17). The number of imide groups is 2. The summed E-state index contributed by atoms with van der Waals surface area (Å²) >= 11 is 0. The normalized spacial score (nSPS) is 23.4. The molecule has 0 aromatic heterocycles. The Bertz CT molecular complexity index is 348. The van der Waals surface area contributed by atoms with Gasteiger partial charge in [-0.05, 0) is 38.4 Å². The van der Waals surface area contributed by atoms with Crippen LogP contribution in [0.25, 0.3) is 0 Å². The Morgan fingerprint density at radius 2 is 1.88 bits per heavy atom. The molecule has 0 spiro atoms. The summed E-state index contributed by atoms with van der Waals surface area (Å²) in [7, 11) is 0. The predicted octanol–water partition coefficient (Wildman–Crippen LogP) is -0.203. The topological polar surface area (TPSA) is 69.7 Å². The molecule has 0 aliphatic carbocycles. The summed E-state index contributed by atoms with van der Waals surface area (Å²) in [5.41, 5.74) is 0. The Kier molecular flexibility index (Phi) is 3.42. The van der Waals surface area contributed by atoms with Gasteiger partial charge in [-0.2, -0.15) is 0 Å². The van der Waals surface area contributed by atoms with Crippen molar-refractivity contribution in [2.75, 3.05) is 26.2 Å². The van der Waals surface area contributed by atoms with Gasteiger partial charge in [0.15, 0.2) is 0 Å². The second-order valence-electron chi connectivity index (χ2n) is 4.55. The van der Waals surface area contributed by atoms with Crippen molar-refractivity contribution in [2.45, 2.75) is 19.8 Å². The Labute approximate surface area is 99.9 Å². The lowest BCUT2D eigenvalue weighted by Gasteiger charge is -2.32. The summed E-state index contributed by atoms with van der Waals surface area (Å²) in [4.78, 5) is 37.1. The number of carbonyl (C=O) groups excluding carboxylic acids is 3. The first-order chi connectivity index (χ1) is 8.11. The van der Waals surface area contributed by atoms with Gasteiger partial charge in [-0.25, -0.2) is 4.79 Å². The van der Waals surface area contributed by atoms with E-state index in [0.717, 1.165) is 37.4 Å². The molecule has 2 saturated heterocycles. The molecular weight excluding hydrogens is 222 g/mol. The Morgan fingerprint density at radius 1 is 1.24 bits per heavy atom. The van der Waals surface area contributed by atoms with Crippen LogP contribution in [0.5, 0.6) is 0 Å². The van der Waals surface area contributed by atoms with Gasteiger partial charge in [0.2, 0.25) is 0 Å². The highest BCUT2D eigenvalue weighted by Gasteiger charge is 2.38. The zero-order valence-electron chi connectivity index (χ0n) is 9.94. The minimum atomic E-state index is -0.805. The predicted molar refractivity (Wildman–Crippen MR) is 60.1 cm³/mol. The smallest absolute Gasteiger partial charge is 0.304 e. The summed E-state index contributed by atoms with van der Waals surface area (Å²) < 4.78 is 0. The first-order valence-corrected chi connectivity index (χ1v) is 6.01. The van der Waals surface area contributed by atoms with E-state index in [4.69, 9.17) is 0 Å². The monoisotopic (exact) mass is 239 g/mol. The van der Waals surface area contributed by atoms with Crippen LogP contribution in [-0.4, -0.2) is 53.8 Å². The average Bonchev–Trinajstić information content (AvgIpc) is 2.57. The van der Waals surface area contributed by atoms with Gasteiger partial charge >= 0.3 is 17.8 Å². The summed E-state index contributed by atoms with van der Waals surface area (Å²) in [6, 6.07) is -0.571. The van der Waals surface area contributed by atoms with Crippen molar-refractivity contribution in [3.63, 3.8) is 0 Å². The molecule has 0 saturated carbocycles. The van der Waals surface area contributed by atoms with Gasteiger partial charge in [-0.15, -0.1) is 0 Å². The van der Waals surface area contributed by atoms with E-state index in [0.29, 0.717) is 12.5 Å². The molecule has 0 aromatic rings. The molecule has 0 radical (unpaired) electrons. The SMILES string of the molecule is CCN1CCC(CN2C(=O)NC(=O)C2=O)CC1. The summed E-state index contributed by atoms with van der Waals surface area (Å²) in [6.07, 6.45) is 1.94. The van der Waals surface area contributed by atoms with Crippen molar-refractivity contribution in [1.29, 1.82) is 0 Å². The lowest BCUT2D eigenvalue weighted by molar-refractivity contribution is -0.140. The average molecular weight is 239 g/mol. The first-order valence-electron chi connectivity index (χ1n) is 6.01. The van der Waals surface area contributed by atoms with Crippen molar-refractivity contribution in [1.82, 2.24) is 15.1 Å². The largest absolute Gasteiger partial charge is 0.331 e. The van der Waals surface area contributed by atoms with Crippen LogP contribution in [0.2, 0.25) is 0 Å². The van der Waals surface area contributed by atoms with E-state index in [1.807, 2.05) is 5.32 Å². The van der Waals surface area contributed by atoms with Gasteiger partial charge in [0.1, 0.15) is 0 Å². The molecule has 0 unspecified atom stereocenters. The van der Waals surface area contributed by atoms with Gasteiger partial charge in [-0.1, -0.05) is 6.92 Å². The van der Waals surface area contributed by atoms with Gasteiger partial charge in [-0.3, -0.25) is 19.8 Å². The highest BCUT2D eigenvalue weighted by molar-refractivity contribution is 6.44. The fourth-order valence-corrected chi connectivity index (χ4v) is 2.34. The number of carbonyl (C=O) groups is 3. The maximum Gasteiger partial charge on any atom is 0.331 e. The number of nitrogens with zero attached hydrogens (tertiary/aromatic N) is 2. The lowest BCUT2D eigenvalue weighted by Crippen LogP contribution is -2.41. The molecule has 6 nitrogen and oxygen atoms in total. The molecule has 2 aliphatic heterocycles. The fraction of sp³-hybridized carbons (Fsp3) is 0.727. The third-order valence-electron chi connectivity index (χ3n) is 3.50. The van der Waals surface area contributed by atoms with Gasteiger partial charge in [0, 0.05) is 6.54 Å². The van der Waals surface area contributed by atoms with Crippen LogP contribution >= 0.6 is 0 Å². The molecule has 2 rings (SSSR count). The molecule has 0 aromatic carbocycles. The number of amides is 4. The maximum atomic E-state index is 11.4. The zero-order chi connectivity index (χ0) is 12.4. The molecule has 2 aliphatic rings. The lowest BCUT2D eigenvalue weighted by atomic mass is 9.96. The number of hydrogen-bond donors (Lipinski definition) is 1. The van der Waals surface area contributed by atoms with Crippen LogP contribution < -0.4 is 5.32 Å². The minimum absolute atomic E-state index is 0.318. The summed E-state index contributed by atoms with van der Waals surface area (Å²) in [6.45, 7) is 5.52. The third-order valence-corrected chi connectivity index (χ3v) is 3.50. The van der Waals surface area contributed by atoms with Crippen LogP contribution in [0.3, 0.4) is 0 Å². The molecule has 6 heteroatoms. The molecule has 0 bridgehead atoms. The number of urea groups is 1. The molecule has 2 fully saturated rings. The number of nitrogens with one attached hydrogen (secondary N) is 1. The second-order valence-corrected chi connectivity index (χ2v) is 4.55. The minimum Gasteiger partial charge on any atom is -0.304 e. The van der Waals surface area contributed by atoms with E-state index in [1.165, 1.54) is 0 Å². The Hall–Kier alpha value is -1.43. The number of piperidine rings is 1. The van der Waals surface area contributed by atoms with E-state index < -0.39 is 17.8 Å². The van der Waals surface area contributed by atoms with Gasteiger partial charge in [0.25, 0.3) is 0 Å². The van der Waals surface area contributed by atoms with Crippen LogP contribution in [0.4, 0.5) is 4.79 Å². The maximum absolute atomic E-state index is 11.4. The van der Waals surface area contributed by atoms with Crippen LogP contribution in [0.15, 0.2) is 0 Å². The van der Waals surface area contributed by atoms with Crippen LogP contribution in [-0.2, 0) is 9.59 Å². The van der Waals surface area contributed by atoms with E-state index in [9.17, 15) is 14.4 Å². The summed E-state index contributed by atoms with van der Waals surface area (Å²) in [5.74, 6) is -1.20. The van der Waals surface area contributed by atoms with Crippen molar-refractivity contribution < 1.29 is 14.4 Å². The molecule has 0 atom stereocenters. The van der Waals surface area contributed by atoms with Crippen LogP contribution in [0, 0.1) is 5.92 Å². The molecule has 1 N–H and O–H groups in total. The first kappa shape index (κ1) is 12.0. The fourth-order valence-electron chi connectivity index (χ4n) is 2.34. The Balaban J connectivity index is 1.88. The highest BCUT2D eigenvalue weighted by atomic mass is 16.2. The number of hydrogen-bond acceptors (Lipinski definition) is 4. The molecular formula is C11H17N3O3. The summed E-state index contributed by atoms with van der Waals surface area (Å²) in [5, 5.41) is 2.01. The van der Waals surface area contributed by atoms with Crippen molar-refractivity contribution in [3.05, 3.63) is 0 Å². The van der Waals surface area contributed by atoms with Gasteiger partial charge in [0.05, 0.1) is 0 Å². The van der Waals surface area contributed by atoms with Crippen molar-refractivity contribution in [2.24, 2.45) is 5.92 Å². The molecule has 4 amide bonds. The zero-order valence-corrected chi connectivity index (χ0v) is 9.94. The van der Waals surface area contributed by atoms with Crippen LogP contribution in [0.1, 0.15) is 19.8 Å². The van der Waals surface area contributed by atoms with Crippen molar-refractivity contribution in [3.8, 4) is 0 Å². The Morgan fingerprint density at radius 3 is 2.35 bits per heavy atom. The van der Waals surface area contributed by atoms with E-state index in [2.05, 4.69) is 11.8 Å². The van der Waals surface area contributed by atoms with E-state index >= 15 is 0 Å². The third kappa shape index (κ3) is 2.46. The highest BCUT2D eigenvalue weighted by Crippen LogP contribution is 2.19. The molecule has 2 heterocycles.